The van der Waals surface area contributed by atoms with Crippen molar-refractivity contribution in [2.24, 2.45) is 11.8 Å². The third-order valence-corrected chi connectivity index (χ3v) is 4.25. The molecule has 0 spiro atoms. The minimum Gasteiger partial charge on any atom is -0.464 e. The van der Waals surface area contributed by atoms with Gasteiger partial charge in [-0.2, -0.15) is 0 Å². The van der Waals surface area contributed by atoms with Crippen molar-refractivity contribution >= 4 is 11.9 Å². The number of rotatable bonds is 4. The van der Waals surface area contributed by atoms with Crippen molar-refractivity contribution in [3.8, 4) is 0 Å². The molecule has 108 valence electrons. The minimum absolute atomic E-state index is 0.00345. The van der Waals surface area contributed by atoms with Gasteiger partial charge in [0.05, 0.1) is 6.61 Å². The van der Waals surface area contributed by atoms with Crippen LogP contribution in [-0.4, -0.2) is 49.1 Å². The van der Waals surface area contributed by atoms with Crippen molar-refractivity contribution < 1.29 is 14.3 Å². The normalized spacial score (nSPS) is 25.6. The summed E-state index contributed by atoms with van der Waals surface area (Å²) in [7, 11) is 0. The first kappa shape index (κ1) is 14.3. The van der Waals surface area contributed by atoms with Crippen LogP contribution in [-0.2, 0) is 14.3 Å². The van der Waals surface area contributed by atoms with Gasteiger partial charge in [0.15, 0.2) is 0 Å². The maximum atomic E-state index is 12.5. The van der Waals surface area contributed by atoms with E-state index >= 15 is 0 Å². The van der Waals surface area contributed by atoms with Crippen LogP contribution >= 0.6 is 0 Å². The SMILES string of the molecule is CCOC(=O)C1CCCCN1C(=O)C(C)C1CNC1. The first-order valence-corrected chi connectivity index (χ1v) is 7.33. The molecule has 0 aliphatic carbocycles. The van der Waals surface area contributed by atoms with Crippen molar-refractivity contribution in [2.75, 3.05) is 26.2 Å². The van der Waals surface area contributed by atoms with Crippen LogP contribution in [0, 0.1) is 11.8 Å². The maximum Gasteiger partial charge on any atom is 0.328 e. The Morgan fingerprint density at radius 3 is 2.68 bits per heavy atom. The Balaban J connectivity index is 2.01. The van der Waals surface area contributed by atoms with E-state index < -0.39 is 0 Å². The van der Waals surface area contributed by atoms with Crippen molar-refractivity contribution in [3.63, 3.8) is 0 Å². The highest BCUT2D eigenvalue weighted by molar-refractivity contribution is 5.86. The van der Waals surface area contributed by atoms with Gasteiger partial charge in [0, 0.05) is 12.5 Å². The number of carbonyl (C=O) groups excluding carboxylic acids is 2. The molecule has 0 bridgehead atoms. The lowest BCUT2D eigenvalue weighted by molar-refractivity contribution is -0.158. The lowest BCUT2D eigenvalue weighted by atomic mass is 9.87. The average molecular weight is 268 g/mol. The first-order chi connectivity index (χ1) is 9.15. The summed E-state index contributed by atoms with van der Waals surface area (Å²) < 4.78 is 5.10. The van der Waals surface area contributed by atoms with E-state index in [0.717, 1.165) is 32.4 Å². The molecule has 0 radical (unpaired) electrons. The highest BCUT2D eigenvalue weighted by Gasteiger charge is 2.38. The molecule has 0 aromatic carbocycles. The van der Waals surface area contributed by atoms with Crippen LogP contribution in [0.4, 0.5) is 0 Å². The predicted molar refractivity (Wildman–Crippen MR) is 71.5 cm³/mol. The lowest BCUT2D eigenvalue weighted by Gasteiger charge is -2.39. The summed E-state index contributed by atoms with van der Waals surface area (Å²) >= 11 is 0. The molecule has 0 aromatic rings. The largest absolute Gasteiger partial charge is 0.464 e. The van der Waals surface area contributed by atoms with E-state index in [1.807, 2.05) is 6.92 Å². The Bertz CT molecular complexity index is 342. The summed E-state index contributed by atoms with van der Waals surface area (Å²) in [5.74, 6) is 0.285. The second kappa shape index (κ2) is 6.37. The van der Waals surface area contributed by atoms with E-state index in [4.69, 9.17) is 4.74 Å². The van der Waals surface area contributed by atoms with Gasteiger partial charge in [-0.15, -0.1) is 0 Å². The van der Waals surface area contributed by atoms with Gasteiger partial charge in [0.25, 0.3) is 0 Å². The van der Waals surface area contributed by atoms with Gasteiger partial charge in [-0.05, 0) is 45.2 Å². The first-order valence-electron chi connectivity index (χ1n) is 7.33. The summed E-state index contributed by atoms with van der Waals surface area (Å²) in [6.07, 6.45) is 2.71. The quantitative estimate of drug-likeness (QED) is 0.766. The van der Waals surface area contributed by atoms with E-state index in [2.05, 4.69) is 5.32 Å². The van der Waals surface area contributed by atoms with Gasteiger partial charge in [-0.25, -0.2) is 4.79 Å². The van der Waals surface area contributed by atoms with Crippen LogP contribution in [0.1, 0.15) is 33.1 Å². The molecule has 2 rings (SSSR count). The van der Waals surface area contributed by atoms with Crippen LogP contribution in [0.3, 0.4) is 0 Å². The minimum atomic E-state index is -0.364. The molecule has 0 aromatic heterocycles. The Morgan fingerprint density at radius 2 is 2.11 bits per heavy atom. The maximum absolute atomic E-state index is 12.5. The molecule has 2 aliphatic heterocycles. The summed E-state index contributed by atoms with van der Waals surface area (Å²) in [6.45, 7) is 6.65. The molecule has 2 unspecified atom stereocenters. The second-order valence-corrected chi connectivity index (χ2v) is 5.50. The van der Waals surface area contributed by atoms with E-state index in [1.54, 1.807) is 11.8 Å². The van der Waals surface area contributed by atoms with Crippen molar-refractivity contribution in [2.45, 2.75) is 39.2 Å². The molecule has 1 amide bonds. The fourth-order valence-electron chi connectivity index (χ4n) is 2.81. The zero-order valence-corrected chi connectivity index (χ0v) is 11.9. The van der Waals surface area contributed by atoms with Gasteiger partial charge in [-0.1, -0.05) is 6.92 Å². The molecule has 2 saturated heterocycles. The number of hydrogen-bond acceptors (Lipinski definition) is 4. The molecule has 5 heteroatoms. The molecule has 2 heterocycles. The molecular formula is C14H24N2O3. The zero-order valence-electron chi connectivity index (χ0n) is 11.9. The van der Waals surface area contributed by atoms with Gasteiger partial charge in [0.2, 0.25) is 5.91 Å². The number of nitrogens with zero attached hydrogens (tertiary/aromatic N) is 1. The van der Waals surface area contributed by atoms with Crippen LogP contribution in [0.2, 0.25) is 0 Å². The summed E-state index contributed by atoms with van der Waals surface area (Å²) in [6, 6.07) is -0.364. The van der Waals surface area contributed by atoms with Gasteiger partial charge in [-0.3, -0.25) is 4.79 Å². The average Bonchev–Trinajstić information content (AvgIpc) is 2.36. The highest BCUT2D eigenvalue weighted by atomic mass is 16.5. The highest BCUT2D eigenvalue weighted by Crippen LogP contribution is 2.24. The summed E-state index contributed by atoms with van der Waals surface area (Å²) in [5.41, 5.74) is 0. The van der Waals surface area contributed by atoms with Crippen LogP contribution in [0.5, 0.6) is 0 Å². The van der Waals surface area contributed by atoms with E-state index in [9.17, 15) is 9.59 Å². The summed E-state index contributed by atoms with van der Waals surface area (Å²) in [4.78, 5) is 26.3. The van der Waals surface area contributed by atoms with Gasteiger partial charge < -0.3 is 15.0 Å². The van der Waals surface area contributed by atoms with Crippen LogP contribution < -0.4 is 5.32 Å². The van der Waals surface area contributed by atoms with E-state index in [-0.39, 0.29) is 23.8 Å². The number of likely N-dealkylation sites (tertiary alicyclic amines) is 1. The number of amides is 1. The fraction of sp³-hybridized carbons (Fsp3) is 0.857. The molecular weight excluding hydrogens is 244 g/mol. The number of esters is 1. The number of carbonyl (C=O) groups is 2. The molecule has 0 saturated carbocycles. The third-order valence-electron chi connectivity index (χ3n) is 4.25. The number of hydrogen-bond donors (Lipinski definition) is 1. The predicted octanol–water partition coefficient (Wildman–Crippen LogP) is 0.786. The second-order valence-electron chi connectivity index (χ2n) is 5.50. The lowest BCUT2D eigenvalue weighted by Crippen LogP contribution is -2.55. The van der Waals surface area contributed by atoms with E-state index in [1.165, 1.54) is 0 Å². The zero-order chi connectivity index (χ0) is 13.8. The summed E-state index contributed by atoms with van der Waals surface area (Å²) in [5, 5.41) is 3.19. The van der Waals surface area contributed by atoms with Gasteiger partial charge >= 0.3 is 5.97 Å². The molecule has 2 fully saturated rings. The standard InChI is InChI=1S/C14H24N2O3/c1-3-19-14(18)12-6-4-5-7-16(12)13(17)10(2)11-8-15-9-11/h10-12,15H,3-9H2,1-2H3. The Morgan fingerprint density at radius 1 is 1.37 bits per heavy atom. The van der Waals surface area contributed by atoms with Crippen LogP contribution in [0.25, 0.3) is 0 Å². The molecule has 1 N–H and O–H groups in total. The molecule has 19 heavy (non-hydrogen) atoms. The smallest absolute Gasteiger partial charge is 0.328 e. The molecule has 5 nitrogen and oxygen atoms in total. The van der Waals surface area contributed by atoms with Crippen LogP contribution in [0.15, 0.2) is 0 Å². The van der Waals surface area contributed by atoms with Crippen molar-refractivity contribution in [1.29, 1.82) is 0 Å². The number of ether oxygens (including phenoxy) is 1. The molecule has 2 atom stereocenters. The number of nitrogens with one attached hydrogen (secondary N) is 1. The topological polar surface area (TPSA) is 58.6 Å². The Kier molecular flexibility index (Phi) is 4.80. The Labute approximate surface area is 114 Å². The third kappa shape index (κ3) is 3.08. The Hall–Kier alpha value is -1.10. The van der Waals surface area contributed by atoms with E-state index in [0.29, 0.717) is 19.1 Å². The van der Waals surface area contributed by atoms with Gasteiger partial charge in [0.1, 0.15) is 6.04 Å². The fourth-order valence-corrected chi connectivity index (χ4v) is 2.81. The molecule has 2 aliphatic rings. The van der Waals surface area contributed by atoms with Crippen molar-refractivity contribution in [1.82, 2.24) is 10.2 Å². The van der Waals surface area contributed by atoms with Crippen molar-refractivity contribution in [3.05, 3.63) is 0 Å². The monoisotopic (exact) mass is 268 g/mol. The number of piperidine rings is 1.